The molecule has 0 amide bonds. The summed E-state index contributed by atoms with van der Waals surface area (Å²) in [4.78, 5) is 4.68. The van der Waals surface area contributed by atoms with E-state index in [9.17, 15) is 0 Å². The molecule has 0 saturated carbocycles. The van der Waals surface area contributed by atoms with Crippen LogP contribution in [0, 0.1) is 19.8 Å². The highest BCUT2D eigenvalue weighted by atomic mass is 32.1. The van der Waals surface area contributed by atoms with E-state index in [4.69, 9.17) is 4.74 Å². The van der Waals surface area contributed by atoms with Gasteiger partial charge in [0.2, 0.25) is 0 Å². The molecule has 19 heavy (non-hydrogen) atoms. The molecule has 4 heteroatoms. The van der Waals surface area contributed by atoms with Gasteiger partial charge in [-0.2, -0.15) is 0 Å². The molecule has 0 saturated heterocycles. The Morgan fingerprint density at radius 2 is 2.05 bits per heavy atom. The van der Waals surface area contributed by atoms with Crippen LogP contribution in [0.4, 0.5) is 5.13 Å². The average Bonchev–Trinajstić information content (AvgIpc) is 2.73. The Hall–Kier alpha value is -1.29. The van der Waals surface area contributed by atoms with E-state index in [2.05, 4.69) is 51.0 Å². The minimum Gasteiger partial charge on any atom is -0.491 e. The van der Waals surface area contributed by atoms with Crippen LogP contribution in [0.15, 0.2) is 6.07 Å². The molecule has 1 aromatic heterocycles. The molecule has 1 N–H and O–H groups in total. The SMILES string of the molecule is CCNc1nc2c(OCC(C)C)c(C)cc(C)c2s1. The van der Waals surface area contributed by atoms with E-state index in [1.165, 1.54) is 15.8 Å². The van der Waals surface area contributed by atoms with Crippen LogP contribution in [0.5, 0.6) is 5.75 Å². The fourth-order valence-electron chi connectivity index (χ4n) is 2.04. The average molecular weight is 278 g/mol. The molecule has 0 aliphatic heterocycles. The zero-order valence-electron chi connectivity index (χ0n) is 12.3. The largest absolute Gasteiger partial charge is 0.491 e. The molecule has 0 aliphatic rings. The van der Waals surface area contributed by atoms with Gasteiger partial charge >= 0.3 is 0 Å². The van der Waals surface area contributed by atoms with E-state index >= 15 is 0 Å². The molecular formula is C15H22N2OS. The van der Waals surface area contributed by atoms with Crippen LogP contribution in [-0.4, -0.2) is 18.1 Å². The molecule has 1 aromatic carbocycles. The van der Waals surface area contributed by atoms with Gasteiger partial charge in [0.15, 0.2) is 5.13 Å². The van der Waals surface area contributed by atoms with Gasteiger partial charge in [-0.05, 0) is 37.8 Å². The smallest absolute Gasteiger partial charge is 0.183 e. The molecule has 2 rings (SSSR count). The number of fused-ring (bicyclic) bond motifs is 1. The quantitative estimate of drug-likeness (QED) is 0.881. The number of nitrogens with zero attached hydrogens (tertiary/aromatic N) is 1. The predicted octanol–water partition coefficient (Wildman–Crippen LogP) is 4.38. The second-order valence-corrected chi connectivity index (χ2v) is 6.27. The molecule has 3 nitrogen and oxygen atoms in total. The standard InChI is InChI=1S/C15H22N2OS/c1-6-16-15-17-12-13(18-8-9(2)3)10(4)7-11(5)14(12)19-15/h7,9H,6,8H2,1-5H3,(H,16,17). The van der Waals surface area contributed by atoms with Crippen LogP contribution in [0.2, 0.25) is 0 Å². The summed E-state index contributed by atoms with van der Waals surface area (Å²) >= 11 is 1.70. The van der Waals surface area contributed by atoms with Gasteiger partial charge in [0.1, 0.15) is 11.3 Å². The summed E-state index contributed by atoms with van der Waals surface area (Å²) in [5, 5.41) is 4.26. The van der Waals surface area contributed by atoms with Crippen molar-refractivity contribution in [1.29, 1.82) is 0 Å². The van der Waals surface area contributed by atoms with Crippen LogP contribution < -0.4 is 10.1 Å². The number of thiazole rings is 1. The summed E-state index contributed by atoms with van der Waals surface area (Å²) in [5.74, 6) is 1.46. The number of benzene rings is 1. The van der Waals surface area contributed by atoms with E-state index in [1.807, 2.05) is 0 Å². The van der Waals surface area contributed by atoms with Crippen molar-refractivity contribution in [2.45, 2.75) is 34.6 Å². The van der Waals surface area contributed by atoms with Gasteiger partial charge in [0.05, 0.1) is 11.3 Å². The minimum atomic E-state index is 0.516. The lowest BCUT2D eigenvalue weighted by Crippen LogP contribution is -2.06. The summed E-state index contributed by atoms with van der Waals surface area (Å²) in [5.41, 5.74) is 3.43. The van der Waals surface area contributed by atoms with Gasteiger partial charge in [-0.25, -0.2) is 4.98 Å². The summed E-state index contributed by atoms with van der Waals surface area (Å²) in [6.07, 6.45) is 0. The lowest BCUT2D eigenvalue weighted by Gasteiger charge is -2.12. The lowest BCUT2D eigenvalue weighted by atomic mass is 10.1. The van der Waals surface area contributed by atoms with Crippen LogP contribution in [0.1, 0.15) is 31.9 Å². The van der Waals surface area contributed by atoms with Gasteiger partial charge < -0.3 is 10.1 Å². The van der Waals surface area contributed by atoms with E-state index in [1.54, 1.807) is 11.3 Å². The molecule has 0 spiro atoms. The number of aromatic nitrogens is 1. The Labute approximate surface area is 119 Å². The lowest BCUT2D eigenvalue weighted by molar-refractivity contribution is 0.272. The number of aryl methyl sites for hydroxylation is 2. The maximum absolute atomic E-state index is 5.97. The van der Waals surface area contributed by atoms with Crippen molar-refractivity contribution in [3.8, 4) is 5.75 Å². The van der Waals surface area contributed by atoms with E-state index in [0.29, 0.717) is 5.92 Å². The molecule has 0 radical (unpaired) electrons. The van der Waals surface area contributed by atoms with Crippen LogP contribution in [0.3, 0.4) is 0 Å². The van der Waals surface area contributed by atoms with E-state index in [-0.39, 0.29) is 0 Å². The van der Waals surface area contributed by atoms with Gasteiger partial charge in [-0.3, -0.25) is 0 Å². The first-order valence-corrected chi connectivity index (χ1v) is 7.62. The molecule has 0 unspecified atom stereocenters. The molecule has 0 bridgehead atoms. The molecular weight excluding hydrogens is 256 g/mol. The molecule has 2 aromatic rings. The van der Waals surface area contributed by atoms with E-state index < -0.39 is 0 Å². The Morgan fingerprint density at radius 3 is 2.68 bits per heavy atom. The maximum Gasteiger partial charge on any atom is 0.183 e. The second kappa shape index (κ2) is 5.78. The van der Waals surface area contributed by atoms with Gasteiger partial charge in [-0.15, -0.1) is 0 Å². The third-order valence-electron chi connectivity index (χ3n) is 2.88. The monoisotopic (exact) mass is 278 g/mol. The summed E-state index contributed by atoms with van der Waals surface area (Å²) in [6.45, 7) is 12.2. The first-order chi connectivity index (χ1) is 9.02. The number of nitrogens with one attached hydrogen (secondary N) is 1. The highest BCUT2D eigenvalue weighted by Gasteiger charge is 2.14. The molecule has 0 aliphatic carbocycles. The summed E-state index contributed by atoms with van der Waals surface area (Å²) < 4.78 is 7.20. The van der Waals surface area contributed by atoms with Crippen LogP contribution >= 0.6 is 11.3 Å². The van der Waals surface area contributed by atoms with Crippen molar-refractivity contribution in [3.05, 3.63) is 17.2 Å². The van der Waals surface area contributed by atoms with Crippen molar-refractivity contribution < 1.29 is 4.74 Å². The van der Waals surface area contributed by atoms with Crippen LogP contribution in [-0.2, 0) is 0 Å². The van der Waals surface area contributed by atoms with Crippen molar-refractivity contribution in [2.75, 3.05) is 18.5 Å². The zero-order chi connectivity index (χ0) is 14.0. The zero-order valence-corrected chi connectivity index (χ0v) is 13.1. The molecule has 0 fully saturated rings. The number of hydrogen-bond donors (Lipinski definition) is 1. The van der Waals surface area contributed by atoms with E-state index in [0.717, 1.165) is 29.5 Å². The topological polar surface area (TPSA) is 34.2 Å². The Bertz CT molecular complexity index is 575. The third kappa shape index (κ3) is 3.00. The Morgan fingerprint density at radius 1 is 1.32 bits per heavy atom. The highest BCUT2D eigenvalue weighted by Crippen LogP contribution is 2.37. The first-order valence-electron chi connectivity index (χ1n) is 6.80. The first kappa shape index (κ1) is 14.1. The highest BCUT2D eigenvalue weighted by molar-refractivity contribution is 7.22. The fraction of sp³-hybridized carbons (Fsp3) is 0.533. The summed E-state index contributed by atoms with van der Waals surface area (Å²) in [6, 6.07) is 2.19. The number of rotatable bonds is 5. The molecule has 1 heterocycles. The predicted molar refractivity (Wildman–Crippen MR) is 83.6 cm³/mol. The number of anilines is 1. The van der Waals surface area contributed by atoms with Crippen molar-refractivity contribution in [3.63, 3.8) is 0 Å². The van der Waals surface area contributed by atoms with Crippen LogP contribution in [0.25, 0.3) is 10.2 Å². The normalized spacial score (nSPS) is 11.3. The van der Waals surface area contributed by atoms with Crippen molar-refractivity contribution in [2.24, 2.45) is 5.92 Å². The van der Waals surface area contributed by atoms with Gasteiger partial charge in [0, 0.05) is 6.54 Å². The summed E-state index contributed by atoms with van der Waals surface area (Å²) in [7, 11) is 0. The van der Waals surface area contributed by atoms with Crippen molar-refractivity contribution in [1.82, 2.24) is 4.98 Å². The minimum absolute atomic E-state index is 0.516. The van der Waals surface area contributed by atoms with Crippen molar-refractivity contribution >= 4 is 26.7 Å². The second-order valence-electron chi connectivity index (χ2n) is 5.27. The number of ether oxygens (including phenoxy) is 1. The number of hydrogen-bond acceptors (Lipinski definition) is 4. The van der Waals surface area contributed by atoms with Gasteiger partial charge in [-0.1, -0.05) is 31.3 Å². The Balaban J connectivity index is 2.48. The van der Waals surface area contributed by atoms with Gasteiger partial charge in [0.25, 0.3) is 0 Å². The maximum atomic E-state index is 5.97. The Kier molecular flexibility index (Phi) is 4.30. The molecule has 0 atom stereocenters. The third-order valence-corrected chi connectivity index (χ3v) is 4.03. The molecule has 104 valence electrons. The fourth-order valence-corrected chi connectivity index (χ4v) is 3.04.